The van der Waals surface area contributed by atoms with E-state index in [2.05, 4.69) is 0 Å². The van der Waals surface area contributed by atoms with E-state index in [-0.39, 0.29) is 0 Å². The van der Waals surface area contributed by atoms with Gasteiger partial charge < -0.3 is 9.47 Å². The molecule has 0 unspecified atom stereocenters. The number of benzene rings is 1. The summed E-state index contributed by atoms with van der Waals surface area (Å²) in [6, 6.07) is 3.37. The minimum Gasteiger partial charge on any atom is -0.496 e. The van der Waals surface area contributed by atoms with Crippen molar-refractivity contribution in [3.63, 3.8) is 0 Å². The van der Waals surface area contributed by atoms with E-state index in [1.807, 2.05) is 19.9 Å². The average molecular weight is 253 g/mol. The fourth-order valence-electron chi connectivity index (χ4n) is 1.81. The molecule has 0 aromatic heterocycles. The number of hydrogen-bond acceptors (Lipinski definition) is 3. The van der Waals surface area contributed by atoms with Crippen LogP contribution in [0.1, 0.15) is 29.8 Å². The van der Waals surface area contributed by atoms with Crippen LogP contribution in [0, 0.1) is 0 Å². The third-order valence-corrected chi connectivity index (χ3v) is 2.88. The Kier molecular flexibility index (Phi) is 2.87. The molecule has 1 aromatic rings. The molecule has 0 atom stereocenters. The quantitative estimate of drug-likeness (QED) is 0.758. The lowest BCUT2D eigenvalue weighted by Gasteiger charge is -2.29. The van der Waals surface area contributed by atoms with Gasteiger partial charge in [-0.2, -0.15) is 0 Å². The summed E-state index contributed by atoms with van der Waals surface area (Å²) >= 11 is 6.18. The van der Waals surface area contributed by atoms with Gasteiger partial charge in [-0.25, -0.2) is 0 Å². The Labute approximate surface area is 105 Å². The van der Waals surface area contributed by atoms with Gasteiger partial charge >= 0.3 is 0 Å². The number of aldehydes is 1. The van der Waals surface area contributed by atoms with Gasteiger partial charge in [0.05, 0.1) is 17.7 Å². The van der Waals surface area contributed by atoms with Crippen LogP contribution in [0.3, 0.4) is 0 Å². The molecule has 0 amide bonds. The zero-order chi connectivity index (χ0) is 12.6. The maximum atomic E-state index is 10.9. The Bertz CT molecular complexity index is 504. The van der Waals surface area contributed by atoms with Crippen LogP contribution in [0.25, 0.3) is 5.03 Å². The van der Waals surface area contributed by atoms with Gasteiger partial charge in [0.2, 0.25) is 0 Å². The fraction of sp³-hybridized carbons (Fsp3) is 0.308. The van der Waals surface area contributed by atoms with Crippen LogP contribution in [0.2, 0.25) is 0 Å². The molecule has 0 saturated carbocycles. The molecule has 1 aliphatic rings. The van der Waals surface area contributed by atoms with Crippen molar-refractivity contribution < 1.29 is 14.3 Å². The lowest BCUT2D eigenvalue weighted by molar-refractivity contribution is 0.112. The number of halogens is 1. The number of ether oxygens (including phenoxy) is 2. The first kappa shape index (κ1) is 12.0. The van der Waals surface area contributed by atoms with Crippen molar-refractivity contribution in [2.24, 2.45) is 0 Å². The van der Waals surface area contributed by atoms with Crippen molar-refractivity contribution in [1.82, 2.24) is 0 Å². The zero-order valence-corrected chi connectivity index (χ0v) is 10.7. The molecule has 3 nitrogen and oxygen atoms in total. The molecule has 4 heteroatoms. The molecule has 0 N–H and O–H groups in total. The summed E-state index contributed by atoms with van der Waals surface area (Å²) in [4.78, 5) is 10.9. The number of methoxy groups -OCH3 is 1. The summed E-state index contributed by atoms with van der Waals surface area (Å²) in [6.45, 7) is 3.83. The highest BCUT2D eigenvalue weighted by atomic mass is 35.5. The summed E-state index contributed by atoms with van der Waals surface area (Å²) < 4.78 is 10.9. The maximum Gasteiger partial charge on any atom is 0.153 e. The molecule has 0 saturated heterocycles. The van der Waals surface area contributed by atoms with Crippen molar-refractivity contribution in [2.45, 2.75) is 19.4 Å². The molecule has 0 aliphatic carbocycles. The zero-order valence-electron chi connectivity index (χ0n) is 9.91. The summed E-state index contributed by atoms with van der Waals surface area (Å²) in [6.07, 6.45) is 2.56. The van der Waals surface area contributed by atoms with E-state index in [4.69, 9.17) is 21.1 Å². The van der Waals surface area contributed by atoms with Gasteiger partial charge in [-0.15, -0.1) is 0 Å². The number of hydrogen-bond donors (Lipinski definition) is 0. The average Bonchev–Trinajstić information content (AvgIpc) is 2.26. The van der Waals surface area contributed by atoms with E-state index in [9.17, 15) is 4.79 Å². The Morgan fingerprint density at radius 2 is 2.12 bits per heavy atom. The van der Waals surface area contributed by atoms with Gasteiger partial charge in [-0.1, -0.05) is 11.6 Å². The Morgan fingerprint density at radius 3 is 2.71 bits per heavy atom. The molecule has 2 rings (SSSR count). The van der Waals surface area contributed by atoms with E-state index >= 15 is 0 Å². The lowest BCUT2D eigenvalue weighted by atomic mass is 10.0. The van der Waals surface area contributed by atoms with Gasteiger partial charge in [0.1, 0.15) is 17.1 Å². The topological polar surface area (TPSA) is 35.5 Å². The summed E-state index contributed by atoms with van der Waals surface area (Å²) in [7, 11) is 1.51. The smallest absolute Gasteiger partial charge is 0.153 e. The number of carbonyl (C=O) groups is 1. The van der Waals surface area contributed by atoms with Crippen LogP contribution < -0.4 is 9.47 Å². The van der Waals surface area contributed by atoms with Crippen LogP contribution in [0.4, 0.5) is 0 Å². The lowest BCUT2D eigenvalue weighted by Crippen LogP contribution is -2.28. The third kappa shape index (κ3) is 2.15. The van der Waals surface area contributed by atoms with Crippen molar-refractivity contribution >= 4 is 22.9 Å². The van der Waals surface area contributed by atoms with Gasteiger partial charge in [0, 0.05) is 11.6 Å². The van der Waals surface area contributed by atoms with E-state index in [1.165, 1.54) is 7.11 Å². The number of fused-ring (bicyclic) bond motifs is 1. The monoisotopic (exact) mass is 252 g/mol. The third-order valence-electron chi connectivity index (χ3n) is 2.56. The van der Waals surface area contributed by atoms with Crippen LogP contribution in [-0.2, 0) is 0 Å². The molecule has 90 valence electrons. The molecule has 0 spiro atoms. The molecule has 0 radical (unpaired) electrons. The predicted molar refractivity (Wildman–Crippen MR) is 66.9 cm³/mol. The number of carbonyl (C=O) groups excluding carboxylic acids is 1. The van der Waals surface area contributed by atoms with Gasteiger partial charge in [0.25, 0.3) is 0 Å². The van der Waals surface area contributed by atoms with Crippen molar-refractivity contribution in [2.75, 3.05) is 7.11 Å². The van der Waals surface area contributed by atoms with Crippen molar-refractivity contribution in [3.05, 3.63) is 29.3 Å². The standard InChI is InChI=1S/C13H13ClO3/c1-13(2)6-10(14)9-4-8(7-15)11(16-3)5-12(9)17-13/h4-7H,1-3H3. The van der Waals surface area contributed by atoms with Gasteiger partial charge in [-0.3, -0.25) is 4.79 Å². The fourth-order valence-corrected chi connectivity index (χ4v) is 2.22. The molecule has 17 heavy (non-hydrogen) atoms. The Balaban J connectivity index is 2.61. The Hall–Kier alpha value is -1.48. The van der Waals surface area contributed by atoms with Crippen molar-refractivity contribution in [3.8, 4) is 11.5 Å². The highest BCUT2D eigenvalue weighted by Gasteiger charge is 2.27. The molecule has 1 aliphatic heterocycles. The van der Waals surface area contributed by atoms with Gasteiger partial charge in [-0.05, 0) is 26.0 Å². The summed E-state index contributed by atoms with van der Waals surface area (Å²) in [5.41, 5.74) is 0.715. The van der Waals surface area contributed by atoms with Crippen molar-refractivity contribution in [1.29, 1.82) is 0 Å². The second-order valence-corrected chi connectivity index (χ2v) is 4.81. The molecule has 1 aromatic carbocycles. The van der Waals surface area contributed by atoms with E-state index in [1.54, 1.807) is 12.1 Å². The maximum absolute atomic E-state index is 10.9. The molecule has 1 heterocycles. The SMILES string of the molecule is COc1cc2c(cc1C=O)C(Cl)=CC(C)(C)O2. The summed E-state index contributed by atoms with van der Waals surface area (Å²) in [5, 5.41) is 0.585. The number of rotatable bonds is 2. The van der Waals surface area contributed by atoms with Crippen LogP contribution in [0.5, 0.6) is 11.5 Å². The minimum atomic E-state index is -0.461. The van der Waals surface area contributed by atoms with Gasteiger partial charge in [0.15, 0.2) is 6.29 Å². The first-order chi connectivity index (χ1) is 7.96. The van der Waals surface area contributed by atoms with Crippen LogP contribution in [0.15, 0.2) is 18.2 Å². The normalized spacial score (nSPS) is 16.6. The first-order valence-electron chi connectivity index (χ1n) is 5.22. The predicted octanol–water partition coefficient (Wildman–Crippen LogP) is 3.26. The molecular formula is C13H13ClO3. The first-order valence-corrected chi connectivity index (χ1v) is 5.59. The van der Waals surface area contributed by atoms with Crippen LogP contribution in [-0.4, -0.2) is 19.0 Å². The second-order valence-electron chi connectivity index (χ2n) is 4.41. The molecule has 0 bridgehead atoms. The highest BCUT2D eigenvalue weighted by molar-refractivity contribution is 6.49. The largest absolute Gasteiger partial charge is 0.496 e. The molecule has 0 fully saturated rings. The minimum absolute atomic E-state index is 0.459. The van der Waals surface area contributed by atoms with Crippen LogP contribution >= 0.6 is 11.6 Å². The van der Waals surface area contributed by atoms with E-state index in [0.29, 0.717) is 27.7 Å². The second kappa shape index (κ2) is 4.08. The summed E-state index contributed by atoms with van der Waals surface area (Å²) in [5.74, 6) is 1.12. The molecular weight excluding hydrogens is 240 g/mol. The highest BCUT2D eigenvalue weighted by Crippen LogP contribution is 2.41. The Morgan fingerprint density at radius 1 is 1.41 bits per heavy atom. The van der Waals surface area contributed by atoms with E-state index in [0.717, 1.165) is 6.29 Å². The van der Waals surface area contributed by atoms with E-state index < -0.39 is 5.60 Å².